The molecule has 21 heavy (non-hydrogen) atoms. The third-order valence-corrected chi connectivity index (χ3v) is 4.02. The van der Waals surface area contributed by atoms with Gasteiger partial charge in [-0.3, -0.25) is 0 Å². The Balaban J connectivity index is 1.77. The van der Waals surface area contributed by atoms with Crippen LogP contribution in [0.25, 0.3) is 0 Å². The molecule has 0 N–H and O–H groups in total. The summed E-state index contributed by atoms with van der Waals surface area (Å²) in [5, 5.41) is 0. The van der Waals surface area contributed by atoms with E-state index >= 15 is 0 Å². The van der Waals surface area contributed by atoms with Crippen molar-refractivity contribution < 1.29 is 14.3 Å². The number of carbonyl (C=O) groups is 1. The number of carbonyl (C=O) groups excluding carboxylic acids is 1. The van der Waals surface area contributed by atoms with Gasteiger partial charge >= 0.3 is 6.03 Å². The largest absolute Gasteiger partial charge is 0.470 e. The number of urea groups is 1. The van der Waals surface area contributed by atoms with E-state index in [4.69, 9.17) is 9.47 Å². The molecule has 1 aromatic rings. The van der Waals surface area contributed by atoms with E-state index in [9.17, 15) is 4.79 Å². The van der Waals surface area contributed by atoms with Crippen molar-refractivity contribution in [2.75, 3.05) is 27.2 Å². The van der Waals surface area contributed by atoms with Crippen molar-refractivity contribution in [3.8, 4) is 5.88 Å². The van der Waals surface area contributed by atoms with Crippen LogP contribution in [-0.4, -0.2) is 66.3 Å². The van der Waals surface area contributed by atoms with Crippen LogP contribution in [-0.2, 0) is 4.74 Å². The molecule has 2 aliphatic rings. The molecule has 3 rings (SSSR count). The van der Waals surface area contributed by atoms with Gasteiger partial charge in [0.1, 0.15) is 12.2 Å². The van der Waals surface area contributed by atoms with Crippen LogP contribution >= 0.6 is 0 Å². The number of hydrogen-bond acceptors (Lipinski definition) is 4. The van der Waals surface area contributed by atoms with E-state index in [0.29, 0.717) is 12.4 Å². The summed E-state index contributed by atoms with van der Waals surface area (Å²) in [6.07, 6.45) is 3.42. The number of likely N-dealkylation sites (tertiary alicyclic amines) is 1. The van der Waals surface area contributed by atoms with Crippen molar-refractivity contribution in [2.24, 2.45) is 0 Å². The van der Waals surface area contributed by atoms with Gasteiger partial charge in [-0.15, -0.1) is 0 Å². The molecule has 0 spiro atoms. The lowest BCUT2D eigenvalue weighted by atomic mass is 10.0. The molecule has 2 saturated heterocycles. The zero-order valence-corrected chi connectivity index (χ0v) is 12.4. The summed E-state index contributed by atoms with van der Waals surface area (Å²) in [6, 6.07) is 5.68. The first-order valence-electron chi connectivity index (χ1n) is 7.34. The van der Waals surface area contributed by atoms with Gasteiger partial charge in [0.15, 0.2) is 0 Å². The van der Waals surface area contributed by atoms with Crippen molar-refractivity contribution in [3.63, 3.8) is 0 Å². The highest BCUT2D eigenvalue weighted by atomic mass is 16.5. The third-order valence-electron chi connectivity index (χ3n) is 4.02. The van der Waals surface area contributed by atoms with Gasteiger partial charge in [-0.25, -0.2) is 9.78 Å². The first kappa shape index (κ1) is 14.1. The van der Waals surface area contributed by atoms with Gasteiger partial charge in [0, 0.05) is 33.0 Å². The maximum absolute atomic E-state index is 12.3. The summed E-state index contributed by atoms with van der Waals surface area (Å²) in [7, 11) is 3.54. The molecule has 0 bridgehead atoms. The Hall–Kier alpha value is -1.82. The Morgan fingerprint density at radius 3 is 3.05 bits per heavy atom. The molecule has 114 valence electrons. The predicted octanol–water partition coefficient (Wildman–Crippen LogP) is 1.37. The molecule has 0 saturated carbocycles. The molecular weight excluding hydrogens is 270 g/mol. The third kappa shape index (κ3) is 2.81. The van der Waals surface area contributed by atoms with E-state index in [-0.39, 0.29) is 24.3 Å². The fraction of sp³-hybridized carbons (Fsp3) is 0.600. The predicted molar refractivity (Wildman–Crippen MR) is 77.2 cm³/mol. The molecule has 6 nitrogen and oxygen atoms in total. The van der Waals surface area contributed by atoms with Crippen LogP contribution in [0, 0.1) is 0 Å². The molecule has 1 aromatic heterocycles. The van der Waals surface area contributed by atoms with Gasteiger partial charge < -0.3 is 19.3 Å². The van der Waals surface area contributed by atoms with E-state index in [0.717, 1.165) is 19.4 Å². The molecule has 2 fully saturated rings. The lowest BCUT2D eigenvalue weighted by Crippen LogP contribution is -2.47. The maximum atomic E-state index is 12.3. The molecule has 0 unspecified atom stereocenters. The van der Waals surface area contributed by atoms with Crippen LogP contribution in [0.15, 0.2) is 24.4 Å². The molecule has 3 atom stereocenters. The Morgan fingerprint density at radius 2 is 2.33 bits per heavy atom. The Bertz CT molecular complexity index is 494. The highest BCUT2D eigenvalue weighted by molar-refractivity contribution is 5.74. The van der Waals surface area contributed by atoms with Gasteiger partial charge in [-0.2, -0.15) is 0 Å². The number of aromatic nitrogens is 1. The van der Waals surface area contributed by atoms with Crippen molar-refractivity contribution >= 4 is 6.03 Å². The van der Waals surface area contributed by atoms with E-state index < -0.39 is 0 Å². The van der Waals surface area contributed by atoms with E-state index in [1.807, 2.05) is 23.1 Å². The fourth-order valence-electron chi connectivity index (χ4n) is 3.06. The van der Waals surface area contributed by atoms with Crippen LogP contribution in [0.4, 0.5) is 4.79 Å². The second-order valence-corrected chi connectivity index (χ2v) is 5.70. The van der Waals surface area contributed by atoms with Crippen LogP contribution in [0.1, 0.15) is 12.8 Å². The van der Waals surface area contributed by atoms with Crippen LogP contribution < -0.4 is 4.74 Å². The standard InChI is InChI=1S/C15H21N3O3/c1-17(2)15(19)18-10-12(14-11(18)6-5-9-20-14)21-13-7-3-4-8-16-13/h3-4,7-8,11-12,14H,5-6,9-10H2,1-2H3/t11-,12+,14+/m1/s1. The number of amides is 2. The highest BCUT2D eigenvalue weighted by Crippen LogP contribution is 2.31. The number of hydrogen-bond donors (Lipinski definition) is 0. The Kier molecular flexibility index (Phi) is 3.96. The zero-order valence-electron chi connectivity index (χ0n) is 12.4. The van der Waals surface area contributed by atoms with Crippen molar-refractivity contribution in [1.29, 1.82) is 0 Å². The normalized spacial score (nSPS) is 28.1. The van der Waals surface area contributed by atoms with Crippen molar-refractivity contribution in [3.05, 3.63) is 24.4 Å². The van der Waals surface area contributed by atoms with Crippen LogP contribution in [0.5, 0.6) is 5.88 Å². The zero-order chi connectivity index (χ0) is 14.8. The quantitative estimate of drug-likeness (QED) is 0.826. The summed E-state index contributed by atoms with van der Waals surface area (Å²) in [6.45, 7) is 1.27. The smallest absolute Gasteiger partial charge is 0.319 e. The minimum absolute atomic E-state index is 0.0163. The van der Waals surface area contributed by atoms with E-state index in [1.165, 1.54) is 0 Å². The Labute approximate surface area is 124 Å². The molecule has 0 aromatic carbocycles. The number of fused-ring (bicyclic) bond motifs is 1. The highest BCUT2D eigenvalue weighted by Gasteiger charge is 2.47. The second-order valence-electron chi connectivity index (χ2n) is 5.70. The van der Waals surface area contributed by atoms with E-state index in [2.05, 4.69) is 4.98 Å². The van der Waals surface area contributed by atoms with Gasteiger partial charge in [0.2, 0.25) is 5.88 Å². The van der Waals surface area contributed by atoms with Gasteiger partial charge in [-0.1, -0.05) is 6.07 Å². The molecule has 0 radical (unpaired) electrons. The SMILES string of the molecule is CN(C)C(=O)N1C[C@H](Oc2ccccn2)[C@H]2OCCC[C@H]21. The second kappa shape index (κ2) is 5.89. The number of rotatable bonds is 2. The summed E-state index contributed by atoms with van der Waals surface area (Å²) < 4.78 is 11.8. The summed E-state index contributed by atoms with van der Waals surface area (Å²) in [5.41, 5.74) is 0. The summed E-state index contributed by atoms with van der Waals surface area (Å²) >= 11 is 0. The molecule has 2 amide bonds. The monoisotopic (exact) mass is 291 g/mol. The average Bonchev–Trinajstić information content (AvgIpc) is 2.86. The molecule has 0 aliphatic carbocycles. The maximum Gasteiger partial charge on any atom is 0.319 e. The number of nitrogens with zero attached hydrogens (tertiary/aromatic N) is 3. The lowest BCUT2D eigenvalue weighted by Gasteiger charge is -2.33. The minimum Gasteiger partial charge on any atom is -0.470 e. The summed E-state index contributed by atoms with van der Waals surface area (Å²) in [4.78, 5) is 20.0. The van der Waals surface area contributed by atoms with Crippen LogP contribution in [0.2, 0.25) is 0 Å². The molecule has 3 heterocycles. The van der Waals surface area contributed by atoms with E-state index in [1.54, 1.807) is 25.2 Å². The summed E-state index contributed by atoms with van der Waals surface area (Å²) in [5.74, 6) is 0.578. The molecule has 6 heteroatoms. The van der Waals surface area contributed by atoms with Crippen LogP contribution in [0.3, 0.4) is 0 Å². The molecular formula is C15H21N3O3. The first-order valence-corrected chi connectivity index (χ1v) is 7.34. The van der Waals surface area contributed by atoms with Crippen molar-refractivity contribution in [2.45, 2.75) is 31.1 Å². The topological polar surface area (TPSA) is 54.9 Å². The lowest BCUT2D eigenvalue weighted by molar-refractivity contribution is -0.0451. The van der Waals surface area contributed by atoms with Gasteiger partial charge in [0.25, 0.3) is 0 Å². The van der Waals surface area contributed by atoms with Crippen molar-refractivity contribution in [1.82, 2.24) is 14.8 Å². The minimum atomic E-state index is -0.158. The first-order chi connectivity index (χ1) is 10.2. The Morgan fingerprint density at radius 1 is 1.48 bits per heavy atom. The average molecular weight is 291 g/mol. The van der Waals surface area contributed by atoms with Gasteiger partial charge in [-0.05, 0) is 18.9 Å². The fourth-order valence-corrected chi connectivity index (χ4v) is 3.06. The number of ether oxygens (including phenoxy) is 2. The van der Waals surface area contributed by atoms with Gasteiger partial charge in [0.05, 0.1) is 12.6 Å². The number of pyridine rings is 1. The molecule has 2 aliphatic heterocycles.